The minimum atomic E-state index is -0.438. The van der Waals surface area contributed by atoms with Gasteiger partial charge in [-0.3, -0.25) is 9.59 Å². The first kappa shape index (κ1) is 20.2. The Balaban J connectivity index is 0.00000225. The van der Waals surface area contributed by atoms with Crippen molar-refractivity contribution >= 4 is 45.8 Å². The first-order valence-electron chi connectivity index (χ1n) is 8.30. The minimum absolute atomic E-state index is 0. The molecule has 2 unspecified atom stereocenters. The van der Waals surface area contributed by atoms with Crippen molar-refractivity contribution in [3.63, 3.8) is 0 Å². The molecule has 3 rings (SSSR count). The molecule has 8 heteroatoms. The van der Waals surface area contributed by atoms with Crippen LogP contribution in [0.3, 0.4) is 0 Å². The van der Waals surface area contributed by atoms with Crippen LogP contribution < -0.4 is 10.6 Å². The number of nitrogens with zero attached hydrogens (tertiary/aromatic N) is 1. The Kier molecular flexibility index (Phi) is 7.25. The molecule has 0 aromatic heterocycles. The molecule has 0 spiro atoms. The van der Waals surface area contributed by atoms with Gasteiger partial charge in [0.25, 0.3) is 0 Å². The van der Waals surface area contributed by atoms with Crippen LogP contribution >= 0.6 is 28.3 Å². The molecule has 138 valence electrons. The molecule has 25 heavy (non-hydrogen) atoms. The van der Waals surface area contributed by atoms with Crippen molar-refractivity contribution in [2.24, 2.45) is 5.92 Å². The Labute approximate surface area is 161 Å². The van der Waals surface area contributed by atoms with Gasteiger partial charge in [0.15, 0.2) is 0 Å². The molecule has 2 saturated heterocycles. The molecule has 1 aromatic rings. The van der Waals surface area contributed by atoms with Crippen LogP contribution in [-0.2, 0) is 9.59 Å². The fraction of sp³-hybridized carbons (Fsp3) is 0.529. The maximum absolute atomic E-state index is 12.4. The lowest BCUT2D eigenvalue weighted by molar-refractivity contribution is -0.136. The summed E-state index contributed by atoms with van der Waals surface area (Å²) in [4.78, 5) is 26.6. The van der Waals surface area contributed by atoms with Crippen molar-refractivity contribution in [2.75, 3.05) is 25.0 Å². The molecule has 6 nitrogen and oxygen atoms in total. The van der Waals surface area contributed by atoms with Crippen LogP contribution in [0.25, 0.3) is 0 Å². The predicted octanol–water partition coefficient (Wildman–Crippen LogP) is 1.77. The fourth-order valence-electron chi connectivity index (χ4n) is 3.28. The van der Waals surface area contributed by atoms with Gasteiger partial charge >= 0.3 is 0 Å². The maximum atomic E-state index is 12.4. The standard InChI is InChI=1S/C17H22BrN3O3.ClH/c18-13-3-1-2-4-14(13)20-16(23)11-5-7-21(8-6-11)17(24)15-9-12(22)10-19-15;/h1-4,11-12,15,19,22H,5-10H2,(H,20,23);1H. The number of nitrogens with one attached hydrogen (secondary N) is 2. The number of likely N-dealkylation sites (tertiary alicyclic amines) is 1. The van der Waals surface area contributed by atoms with E-state index in [0.717, 1.165) is 10.2 Å². The highest BCUT2D eigenvalue weighted by Crippen LogP contribution is 2.25. The zero-order valence-electron chi connectivity index (χ0n) is 13.8. The van der Waals surface area contributed by atoms with Crippen LogP contribution in [0.2, 0.25) is 0 Å². The molecule has 0 aliphatic carbocycles. The number of carbonyl (C=O) groups excluding carboxylic acids is 2. The van der Waals surface area contributed by atoms with Gasteiger partial charge < -0.3 is 20.6 Å². The van der Waals surface area contributed by atoms with E-state index in [1.807, 2.05) is 24.3 Å². The van der Waals surface area contributed by atoms with Gasteiger partial charge in [-0.25, -0.2) is 0 Å². The van der Waals surface area contributed by atoms with Crippen molar-refractivity contribution < 1.29 is 14.7 Å². The Hall–Kier alpha value is -1.15. The number of rotatable bonds is 3. The molecule has 2 aliphatic rings. The Morgan fingerprint density at radius 3 is 2.52 bits per heavy atom. The average Bonchev–Trinajstić information content (AvgIpc) is 3.03. The Morgan fingerprint density at radius 1 is 1.24 bits per heavy atom. The summed E-state index contributed by atoms with van der Waals surface area (Å²) in [5.74, 6) is -0.0390. The molecule has 2 atom stereocenters. The number of β-amino-alcohol motifs (C(OH)–C–C–N with tert-alkyl or cyclic N) is 1. The number of amides is 2. The van der Waals surface area contributed by atoms with Gasteiger partial charge in [-0.05, 0) is 47.3 Å². The molecule has 0 bridgehead atoms. The fourth-order valence-corrected chi connectivity index (χ4v) is 3.67. The Morgan fingerprint density at radius 2 is 1.92 bits per heavy atom. The van der Waals surface area contributed by atoms with Crippen molar-refractivity contribution in [1.29, 1.82) is 0 Å². The highest BCUT2D eigenvalue weighted by Gasteiger charge is 2.34. The van der Waals surface area contributed by atoms with E-state index in [1.165, 1.54) is 0 Å². The highest BCUT2D eigenvalue weighted by molar-refractivity contribution is 9.10. The second-order valence-corrected chi connectivity index (χ2v) is 7.27. The average molecular weight is 433 g/mol. The van der Waals surface area contributed by atoms with E-state index < -0.39 is 6.10 Å². The first-order chi connectivity index (χ1) is 11.5. The summed E-state index contributed by atoms with van der Waals surface area (Å²) < 4.78 is 0.858. The SMILES string of the molecule is Cl.O=C(Nc1ccccc1Br)C1CCN(C(=O)C2CC(O)CN2)CC1. The largest absolute Gasteiger partial charge is 0.392 e. The van der Waals surface area contributed by atoms with E-state index in [-0.39, 0.29) is 36.2 Å². The molecule has 0 saturated carbocycles. The predicted molar refractivity (Wildman–Crippen MR) is 102 cm³/mol. The second-order valence-electron chi connectivity index (χ2n) is 6.42. The number of para-hydroxylation sites is 1. The third kappa shape index (κ3) is 4.94. The molecular weight excluding hydrogens is 410 g/mol. The van der Waals surface area contributed by atoms with Crippen LogP contribution in [0.15, 0.2) is 28.7 Å². The topological polar surface area (TPSA) is 81.7 Å². The molecule has 3 N–H and O–H groups in total. The van der Waals surface area contributed by atoms with E-state index >= 15 is 0 Å². The molecular formula is C17H23BrClN3O3. The first-order valence-corrected chi connectivity index (χ1v) is 9.09. The number of anilines is 1. The molecule has 1 aromatic carbocycles. The highest BCUT2D eigenvalue weighted by atomic mass is 79.9. The normalized spacial score (nSPS) is 23.8. The minimum Gasteiger partial charge on any atom is -0.392 e. The van der Waals surface area contributed by atoms with Crippen molar-refractivity contribution in [3.05, 3.63) is 28.7 Å². The zero-order valence-corrected chi connectivity index (χ0v) is 16.2. The van der Waals surface area contributed by atoms with Gasteiger partial charge in [-0.15, -0.1) is 12.4 Å². The lowest BCUT2D eigenvalue weighted by Crippen LogP contribution is -2.48. The molecule has 0 radical (unpaired) electrons. The number of benzene rings is 1. The summed E-state index contributed by atoms with van der Waals surface area (Å²) in [5.41, 5.74) is 0.769. The number of hydrogen-bond acceptors (Lipinski definition) is 4. The lowest BCUT2D eigenvalue weighted by Gasteiger charge is -2.33. The quantitative estimate of drug-likeness (QED) is 0.680. The van der Waals surface area contributed by atoms with Crippen molar-refractivity contribution in [2.45, 2.75) is 31.4 Å². The van der Waals surface area contributed by atoms with Gasteiger partial charge in [0.1, 0.15) is 0 Å². The van der Waals surface area contributed by atoms with Crippen LogP contribution in [0.1, 0.15) is 19.3 Å². The van der Waals surface area contributed by atoms with Crippen molar-refractivity contribution in [1.82, 2.24) is 10.2 Å². The van der Waals surface area contributed by atoms with Gasteiger partial charge in [0, 0.05) is 30.0 Å². The van der Waals surface area contributed by atoms with E-state index in [2.05, 4.69) is 26.6 Å². The zero-order chi connectivity index (χ0) is 17.1. The maximum Gasteiger partial charge on any atom is 0.239 e. The summed E-state index contributed by atoms with van der Waals surface area (Å²) in [6, 6.07) is 7.24. The van der Waals surface area contributed by atoms with Crippen LogP contribution in [0, 0.1) is 5.92 Å². The van der Waals surface area contributed by atoms with Gasteiger partial charge in [0.2, 0.25) is 11.8 Å². The van der Waals surface area contributed by atoms with Crippen LogP contribution in [0.5, 0.6) is 0 Å². The number of carbonyl (C=O) groups is 2. The van der Waals surface area contributed by atoms with E-state index in [4.69, 9.17) is 0 Å². The second kappa shape index (κ2) is 8.98. The summed E-state index contributed by atoms with van der Waals surface area (Å²) in [7, 11) is 0. The summed E-state index contributed by atoms with van der Waals surface area (Å²) in [6.07, 6.45) is 1.36. The van der Waals surface area contributed by atoms with Crippen LogP contribution in [0.4, 0.5) is 5.69 Å². The van der Waals surface area contributed by atoms with Crippen LogP contribution in [-0.4, -0.2) is 53.6 Å². The number of piperidine rings is 1. The summed E-state index contributed by atoms with van der Waals surface area (Å²) in [6.45, 7) is 1.64. The number of hydrogen-bond donors (Lipinski definition) is 3. The van der Waals surface area contributed by atoms with E-state index in [0.29, 0.717) is 38.9 Å². The summed E-state index contributed by atoms with van der Waals surface area (Å²) in [5, 5.41) is 15.5. The molecule has 2 amide bonds. The lowest BCUT2D eigenvalue weighted by atomic mass is 9.95. The van der Waals surface area contributed by atoms with Gasteiger partial charge in [-0.2, -0.15) is 0 Å². The Bertz CT molecular complexity index is 623. The van der Waals surface area contributed by atoms with Gasteiger partial charge in [-0.1, -0.05) is 12.1 Å². The smallest absolute Gasteiger partial charge is 0.239 e. The molecule has 2 heterocycles. The third-order valence-corrected chi connectivity index (χ3v) is 5.41. The van der Waals surface area contributed by atoms with Gasteiger partial charge in [0.05, 0.1) is 17.8 Å². The number of aliphatic hydroxyl groups is 1. The number of aliphatic hydroxyl groups excluding tert-OH is 1. The van der Waals surface area contributed by atoms with Crippen molar-refractivity contribution in [3.8, 4) is 0 Å². The monoisotopic (exact) mass is 431 g/mol. The molecule has 2 fully saturated rings. The number of halogens is 2. The third-order valence-electron chi connectivity index (χ3n) is 4.71. The summed E-state index contributed by atoms with van der Waals surface area (Å²) >= 11 is 3.42. The van der Waals surface area contributed by atoms with E-state index in [1.54, 1.807) is 4.90 Å². The van der Waals surface area contributed by atoms with E-state index in [9.17, 15) is 14.7 Å². The molecule has 2 aliphatic heterocycles.